The molecule has 21 heavy (non-hydrogen) atoms. The number of hydrogen-bond acceptors (Lipinski definition) is 3. The zero-order valence-electron chi connectivity index (χ0n) is 11.3. The highest BCUT2D eigenvalue weighted by molar-refractivity contribution is 5.99. The molecule has 110 valence electrons. The fourth-order valence-electron chi connectivity index (χ4n) is 2.76. The average molecular weight is 289 g/mol. The number of para-hydroxylation sites is 1. The van der Waals surface area contributed by atoms with Gasteiger partial charge in [-0.05, 0) is 18.1 Å². The van der Waals surface area contributed by atoms with Crippen LogP contribution in [0, 0.1) is 0 Å². The van der Waals surface area contributed by atoms with Crippen LogP contribution in [-0.2, 0) is 16.0 Å². The highest BCUT2D eigenvalue weighted by Crippen LogP contribution is 2.28. The quantitative estimate of drug-likeness (QED) is 0.764. The normalized spacial score (nSPS) is 21.0. The first kappa shape index (κ1) is 13.4. The van der Waals surface area contributed by atoms with Crippen LogP contribution in [0.1, 0.15) is 5.56 Å². The zero-order valence-corrected chi connectivity index (χ0v) is 11.3. The molecule has 2 N–H and O–H groups in total. The summed E-state index contributed by atoms with van der Waals surface area (Å²) >= 11 is 0. The number of carbonyl (C=O) groups excluding carboxylic acids is 2. The molecule has 1 atom stereocenters. The molecule has 0 saturated carbocycles. The minimum Gasteiger partial charge on any atom is -0.480 e. The molecule has 1 saturated heterocycles. The molecular weight excluding hydrogens is 274 g/mol. The predicted octanol–water partition coefficient (Wildman–Crippen LogP) is 0.0541. The standard InChI is InChI=1S/C14H15N3O4/c18-12-8-17(11(7-15-12)13(19)20)14(21)16-6-5-9-3-1-2-4-10(9)16/h1-4,11H,5-8H2,(H,15,18)(H,19,20). The summed E-state index contributed by atoms with van der Waals surface area (Å²) in [4.78, 5) is 38.1. The Morgan fingerprint density at radius 1 is 1.29 bits per heavy atom. The maximum absolute atomic E-state index is 12.6. The van der Waals surface area contributed by atoms with Crippen LogP contribution in [0.25, 0.3) is 0 Å². The Bertz CT molecular complexity index is 616. The van der Waals surface area contributed by atoms with Crippen molar-refractivity contribution in [1.82, 2.24) is 10.2 Å². The number of hydrogen-bond donors (Lipinski definition) is 2. The molecule has 1 aromatic carbocycles. The molecule has 0 spiro atoms. The summed E-state index contributed by atoms with van der Waals surface area (Å²) in [6.45, 7) is 0.215. The van der Waals surface area contributed by atoms with Gasteiger partial charge in [-0.1, -0.05) is 18.2 Å². The van der Waals surface area contributed by atoms with Gasteiger partial charge in [-0.2, -0.15) is 0 Å². The molecular formula is C14H15N3O4. The maximum Gasteiger partial charge on any atom is 0.328 e. The number of amides is 3. The second-order valence-electron chi connectivity index (χ2n) is 5.10. The van der Waals surface area contributed by atoms with Gasteiger partial charge in [0.1, 0.15) is 12.6 Å². The molecule has 1 fully saturated rings. The van der Waals surface area contributed by atoms with Gasteiger partial charge in [0.2, 0.25) is 5.91 Å². The van der Waals surface area contributed by atoms with E-state index in [1.54, 1.807) is 4.90 Å². The van der Waals surface area contributed by atoms with Crippen molar-refractivity contribution < 1.29 is 19.5 Å². The first-order chi connectivity index (χ1) is 10.1. The smallest absolute Gasteiger partial charge is 0.328 e. The number of rotatable bonds is 1. The zero-order chi connectivity index (χ0) is 15.0. The molecule has 0 bridgehead atoms. The number of nitrogens with zero attached hydrogens (tertiary/aromatic N) is 2. The summed E-state index contributed by atoms with van der Waals surface area (Å²) in [5, 5.41) is 11.7. The number of nitrogens with one attached hydrogen (secondary N) is 1. The molecule has 7 nitrogen and oxygen atoms in total. The number of carboxylic acids is 1. The lowest BCUT2D eigenvalue weighted by Crippen LogP contribution is -2.61. The van der Waals surface area contributed by atoms with Gasteiger partial charge in [0.05, 0.1) is 0 Å². The van der Waals surface area contributed by atoms with Crippen LogP contribution >= 0.6 is 0 Å². The van der Waals surface area contributed by atoms with Crippen LogP contribution in [0.4, 0.5) is 10.5 Å². The van der Waals surface area contributed by atoms with Crippen LogP contribution in [0.3, 0.4) is 0 Å². The van der Waals surface area contributed by atoms with Crippen LogP contribution in [0.5, 0.6) is 0 Å². The third kappa shape index (κ3) is 2.31. The summed E-state index contributed by atoms with van der Waals surface area (Å²) in [6.07, 6.45) is 0.736. The highest BCUT2D eigenvalue weighted by Gasteiger charge is 2.39. The second-order valence-corrected chi connectivity index (χ2v) is 5.10. The van der Waals surface area contributed by atoms with Crippen molar-refractivity contribution >= 4 is 23.6 Å². The van der Waals surface area contributed by atoms with Crippen LogP contribution in [0.15, 0.2) is 24.3 Å². The molecule has 0 aliphatic carbocycles. The van der Waals surface area contributed by atoms with E-state index in [1.165, 1.54) is 0 Å². The number of anilines is 1. The fourth-order valence-corrected chi connectivity index (χ4v) is 2.76. The SMILES string of the molecule is O=C1CN(C(=O)N2CCc3ccccc32)C(C(=O)O)CN1. The molecule has 3 amide bonds. The van der Waals surface area contributed by atoms with Crippen molar-refractivity contribution in [1.29, 1.82) is 0 Å². The summed E-state index contributed by atoms with van der Waals surface area (Å²) in [6, 6.07) is 6.06. The van der Waals surface area contributed by atoms with E-state index in [0.717, 1.165) is 22.6 Å². The maximum atomic E-state index is 12.6. The minimum absolute atomic E-state index is 0.0601. The number of carbonyl (C=O) groups is 3. The Morgan fingerprint density at radius 3 is 2.81 bits per heavy atom. The average Bonchev–Trinajstić information content (AvgIpc) is 2.90. The Morgan fingerprint density at radius 2 is 2.05 bits per heavy atom. The third-order valence-electron chi connectivity index (χ3n) is 3.83. The van der Waals surface area contributed by atoms with Crippen LogP contribution in [-0.4, -0.2) is 53.6 Å². The first-order valence-corrected chi connectivity index (χ1v) is 6.73. The van der Waals surface area contributed by atoms with E-state index >= 15 is 0 Å². The van der Waals surface area contributed by atoms with Crippen molar-refractivity contribution in [3.63, 3.8) is 0 Å². The lowest BCUT2D eigenvalue weighted by Gasteiger charge is -2.35. The van der Waals surface area contributed by atoms with Crippen molar-refractivity contribution in [2.45, 2.75) is 12.5 Å². The van der Waals surface area contributed by atoms with Gasteiger partial charge in [-0.25, -0.2) is 9.59 Å². The lowest BCUT2D eigenvalue weighted by molar-refractivity contribution is -0.144. The topological polar surface area (TPSA) is 90.0 Å². The lowest BCUT2D eigenvalue weighted by atomic mass is 10.2. The molecule has 0 aromatic heterocycles. The molecule has 1 unspecified atom stereocenters. The summed E-state index contributed by atoms with van der Waals surface area (Å²) < 4.78 is 0. The van der Waals surface area contributed by atoms with Gasteiger partial charge >= 0.3 is 12.0 Å². The summed E-state index contributed by atoms with van der Waals surface area (Å²) in [7, 11) is 0. The molecule has 2 aliphatic heterocycles. The van der Waals surface area contributed by atoms with Gasteiger partial charge in [-0.3, -0.25) is 14.6 Å². The van der Waals surface area contributed by atoms with E-state index in [2.05, 4.69) is 5.32 Å². The number of urea groups is 1. The number of aliphatic carboxylic acids is 1. The minimum atomic E-state index is -1.11. The first-order valence-electron chi connectivity index (χ1n) is 6.73. The van der Waals surface area contributed by atoms with Crippen LogP contribution < -0.4 is 10.2 Å². The van der Waals surface area contributed by atoms with Crippen molar-refractivity contribution in [2.75, 3.05) is 24.5 Å². The van der Waals surface area contributed by atoms with Crippen molar-refractivity contribution in [3.05, 3.63) is 29.8 Å². The number of benzene rings is 1. The molecule has 7 heteroatoms. The highest BCUT2D eigenvalue weighted by atomic mass is 16.4. The summed E-state index contributed by atoms with van der Waals surface area (Å²) in [5.74, 6) is -1.45. The Kier molecular flexibility index (Phi) is 3.25. The van der Waals surface area contributed by atoms with E-state index in [0.29, 0.717) is 6.54 Å². The fraction of sp³-hybridized carbons (Fsp3) is 0.357. The summed E-state index contributed by atoms with van der Waals surface area (Å²) in [5.41, 5.74) is 1.84. The van der Waals surface area contributed by atoms with E-state index < -0.39 is 18.0 Å². The molecule has 2 heterocycles. The molecule has 1 aromatic rings. The van der Waals surface area contributed by atoms with Gasteiger partial charge in [-0.15, -0.1) is 0 Å². The van der Waals surface area contributed by atoms with E-state index in [1.807, 2.05) is 24.3 Å². The largest absolute Gasteiger partial charge is 0.480 e. The second kappa shape index (κ2) is 5.08. The molecule has 2 aliphatic rings. The Labute approximate surface area is 121 Å². The third-order valence-corrected chi connectivity index (χ3v) is 3.83. The van der Waals surface area contributed by atoms with E-state index in [4.69, 9.17) is 0 Å². The Balaban J connectivity index is 1.87. The van der Waals surface area contributed by atoms with E-state index in [9.17, 15) is 19.5 Å². The predicted molar refractivity (Wildman–Crippen MR) is 74.0 cm³/mol. The number of carboxylic acid groups (broad SMARTS) is 1. The van der Waals surface area contributed by atoms with E-state index in [-0.39, 0.29) is 19.0 Å². The molecule has 0 radical (unpaired) electrons. The van der Waals surface area contributed by atoms with Gasteiger partial charge in [0.15, 0.2) is 0 Å². The number of fused-ring (bicyclic) bond motifs is 1. The van der Waals surface area contributed by atoms with Gasteiger partial charge < -0.3 is 10.4 Å². The number of piperazine rings is 1. The van der Waals surface area contributed by atoms with Gasteiger partial charge in [0.25, 0.3) is 0 Å². The van der Waals surface area contributed by atoms with Gasteiger partial charge in [0, 0.05) is 18.8 Å². The van der Waals surface area contributed by atoms with Crippen molar-refractivity contribution in [2.24, 2.45) is 0 Å². The monoisotopic (exact) mass is 289 g/mol. The van der Waals surface area contributed by atoms with Crippen LogP contribution in [0.2, 0.25) is 0 Å². The molecule has 3 rings (SSSR count). The Hall–Kier alpha value is -2.57. The van der Waals surface area contributed by atoms with Crippen molar-refractivity contribution in [3.8, 4) is 0 Å².